The van der Waals surface area contributed by atoms with E-state index in [2.05, 4.69) is 32.2 Å². The van der Waals surface area contributed by atoms with Crippen molar-refractivity contribution < 1.29 is 13.7 Å². The standard InChI is InChI=1S/C23H25N7O3S/c1-2-15-12-25-19(26-13-15)16-4-9-30(10-5-16)22-27-17-6-11-34(32)18(17)20(28-22)29-23(7-3-8-23)14-33-21(24)31/h1,4,12-13H,3,5-11,14H2,(H2,24,31)(H,27,28,29)/t34-/m1/s1. The third-order valence-corrected chi connectivity index (χ3v) is 7.92. The van der Waals surface area contributed by atoms with Crippen LogP contribution >= 0.6 is 0 Å². The Hall–Kier alpha value is -3.52. The first kappa shape index (κ1) is 22.3. The number of hydrogen-bond acceptors (Lipinski definition) is 9. The van der Waals surface area contributed by atoms with Crippen molar-refractivity contribution in [1.82, 2.24) is 19.9 Å². The summed E-state index contributed by atoms with van der Waals surface area (Å²) in [4.78, 5) is 32.2. The quantitative estimate of drug-likeness (QED) is 0.592. The number of ether oxygens (including phenoxy) is 1. The molecule has 0 spiro atoms. The van der Waals surface area contributed by atoms with Crippen molar-refractivity contribution in [3.8, 4) is 12.3 Å². The minimum Gasteiger partial charge on any atom is -0.447 e. The molecule has 10 nitrogen and oxygen atoms in total. The van der Waals surface area contributed by atoms with E-state index in [9.17, 15) is 9.00 Å². The predicted octanol–water partition coefficient (Wildman–Crippen LogP) is 1.64. The minimum absolute atomic E-state index is 0.150. The van der Waals surface area contributed by atoms with E-state index in [1.54, 1.807) is 12.4 Å². The van der Waals surface area contributed by atoms with Crippen LogP contribution in [0.2, 0.25) is 0 Å². The molecule has 1 atom stereocenters. The molecule has 3 N–H and O–H groups in total. The molecule has 1 aliphatic carbocycles. The molecule has 4 heterocycles. The summed E-state index contributed by atoms with van der Waals surface area (Å²) in [6.07, 6.45) is 14.0. The molecule has 176 valence electrons. The van der Waals surface area contributed by atoms with Gasteiger partial charge in [-0.25, -0.2) is 19.7 Å². The first-order chi connectivity index (χ1) is 16.5. The SMILES string of the molecule is C#Cc1cnc(C2=CCN(c3nc4c(c(NC5(COC(N)=O)CCC5)n3)[S@](=O)CC4)CC2)nc1. The maximum absolute atomic E-state index is 12.7. The maximum atomic E-state index is 12.7. The highest BCUT2D eigenvalue weighted by molar-refractivity contribution is 7.85. The number of rotatable bonds is 6. The number of nitrogens with zero attached hydrogens (tertiary/aromatic N) is 5. The van der Waals surface area contributed by atoms with E-state index in [-0.39, 0.29) is 6.61 Å². The number of hydrogen-bond donors (Lipinski definition) is 2. The highest BCUT2D eigenvalue weighted by Crippen LogP contribution is 2.39. The number of fused-ring (bicyclic) bond motifs is 1. The van der Waals surface area contributed by atoms with Gasteiger partial charge < -0.3 is 20.7 Å². The molecule has 2 aliphatic heterocycles. The van der Waals surface area contributed by atoms with Gasteiger partial charge in [0.15, 0.2) is 5.82 Å². The van der Waals surface area contributed by atoms with Crippen LogP contribution in [0.5, 0.6) is 0 Å². The van der Waals surface area contributed by atoms with Gasteiger partial charge in [-0.3, -0.25) is 4.21 Å². The highest BCUT2D eigenvalue weighted by Gasteiger charge is 2.40. The van der Waals surface area contributed by atoms with Crippen molar-refractivity contribution >= 4 is 34.2 Å². The second-order valence-electron chi connectivity index (χ2n) is 8.68. The zero-order chi connectivity index (χ0) is 23.7. The lowest BCUT2D eigenvalue weighted by molar-refractivity contribution is 0.101. The molecule has 0 saturated heterocycles. The average Bonchev–Trinajstić information content (AvgIpc) is 3.21. The summed E-state index contributed by atoms with van der Waals surface area (Å²) in [6, 6.07) is 0. The zero-order valence-electron chi connectivity index (χ0n) is 18.6. The van der Waals surface area contributed by atoms with E-state index in [4.69, 9.17) is 26.9 Å². The number of aryl methyl sites for hydroxylation is 1. The Kier molecular flexibility index (Phi) is 5.91. The van der Waals surface area contributed by atoms with Gasteiger partial charge in [0.25, 0.3) is 0 Å². The smallest absolute Gasteiger partial charge is 0.404 e. The number of primary amides is 1. The van der Waals surface area contributed by atoms with E-state index < -0.39 is 22.4 Å². The highest BCUT2D eigenvalue weighted by atomic mass is 32.2. The first-order valence-electron chi connectivity index (χ1n) is 11.2. The lowest BCUT2D eigenvalue weighted by Crippen LogP contribution is -2.50. The Labute approximate surface area is 199 Å². The number of aromatic nitrogens is 4. The molecule has 0 radical (unpaired) electrons. The largest absolute Gasteiger partial charge is 0.447 e. The number of terminal acetylenes is 1. The van der Waals surface area contributed by atoms with E-state index in [1.807, 2.05) is 0 Å². The van der Waals surface area contributed by atoms with Crippen molar-refractivity contribution in [2.24, 2.45) is 5.73 Å². The Morgan fingerprint density at radius 1 is 1.29 bits per heavy atom. The summed E-state index contributed by atoms with van der Waals surface area (Å²) in [5, 5.41) is 3.45. The third-order valence-electron chi connectivity index (χ3n) is 6.46. The molecule has 2 aromatic heterocycles. The number of nitrogens with one attached hydrogen (secondary N) is 1. The van der Waals surface area contributed by atoms with Crippen LogP contribution in [0, 0.1) is 12.3 Å². The molecule has 5 rings (SSSR count). The summed E-state index contributed by atoms with van der Waals surface area (Å²) in [5.41, 5.74) is 7.24. The average molecular weight is 480 g/mol. The van der Waals surface area contributed by atoms with Crippen LogP contribution in [-0.4, -0.2) is 61.2 Å². The van der Waals surface area contributed by atoms with Gasteiger partial charge in [0, 0.05) is 37.7 Å². The van der Waals surface area contributed by atoms with Crippen LogP contribution in [0.15, 0.2) is 23.4 Å². The van der Waals surface area contributed by atoms with Gasteiger partial charge in [0.05, 0.1) is 27.6 Å². The normalized spacial score (nSPS) is 20.5. The van der Waals surface area contributed by atoms with Crippen LogP contribution in [0.25, 0.3) is 5.57 Å². The van der Waals surface area contributed by atoms with Gasteiger partial charge in [0.2, 0.25) is 5.95 Å². The molecular weight excluding hydrogens is 454 g/mol. The molecule has 3 aliphatic rings. The number of nitrogens with two attached hydrogens (primary N) is 1. The van der Waals surface area contributed by atoms with Crippen molar-refractivity contribution in [2.45, 2.75) is 42.5 Å². The summed E-state index contributed by atoms with van der Waals surface area (Å²) in [6.45, 7) is 1.45. The fraction of sp³-hybridized carbons (Fsp3) is 0.435. The molecule has 0 unspecified atom stereocenters. The fourth-order valence-electron chi connectivity index (χ4n) is 4.40. The number of carbonyl (C=O) groups is 1. The molecule has 1 saturated carbocycles. The molecule has 34 heavy (non-hydrogen) atoms. The first-order valence-corrected chi connectivity index (χ1v) is 12.5. The summed E-state index contributed by atoms with van der Waals surface area (Å²) in [7, 11) is -1.16. The molecule has 1 fully saturated rings. The second-order valence-corrected chi connectivity index (χ2v) is 10.2. The van der Waals surface area contributed by atoms with Crippen LogP contribution < -0.4 is 16.0 Å². The predicted molar refractivity (Wildman–Crippen MR) is 128 cm³/mol. The number of amides is 1. The van der Waals surface area contributed by atoms with Crippen molar-refractivity contribution in [1.29, 1.82) is 0 Å². The molecule has 0 bridgehead atoms. The van der Waals surface area contributed by atoms with Crippen LogP contribution in [0.3, 0.4) is 0 Å². The van der Waals surface area contributed by atoms with E-state index >= 15 is 0 Å². The van der Waals surface area contributed by atoms with Crippen molar-refractivity contribution in [2.75, 3.05) is 35.7 Å². The lowest BCUT2D eigenvalue weighted by atomic mass is 9.77. The van der Waals surface area contributed by atoms with Gasteiger partial charge in [-0.05, 0) is 31.3 Å². The Bertz CT molecular complexity index is 1220. The molecular formula is C23H25N7O3S. The Morgan fingerprint density at radius 2 is 2.09 bits per heavy atom. The van der Waals surface area contributed by atoms with Gasteiger partial charge in [-0.2, -0.15) is 4.98 Å². The van der Waals surface area contributed by atoms with Crippen LogP contribution in [0.4, 0.5) is 16.6 Å². The third kappa shape index (κ3) is 4.33. The van der Waals surface area contributed by atoms with E-state index in [1.165, 1.54) is 0 Å². The van der Waals surface area contributed by atoms with E-state index in [0.29, 0.717) is 53.3 Å². The number of carbonyl (C=O) groups excluding carboxylic acids is 1. The molecule has 1 amide bonds. The summed E-state index contributed by atoms with van der Waals surface area (Å²) in [5.74, 6) is 4.88. The van der Waals surface area contributed by atoms with Gasteiger partial charge in [0.1, 0.15) is 17.3 Å². The minimum atomic E-state index is -1.16. The lowest BCUT2D eigenvalue weighted by Gasteiger charge is -2.42. The van der Waals surface area contributed by atoms with Crippen molar-refractivity contribution in [3.05, 3.63) is 35.6 Å². The molecule has 2 aromatic rings. The number of anilines is 2. The summed E-state index contributed by atoms with van der Waals surface area (Å²) < 4.78 is 17.8. The topological polar surface area (TPSA) is 136 Å². The monoisotopic (exact) mass is 479 g/mol. The van der Waals surface area contributed by atoms with Crippen LogP contribution in [0.1, 0.15) is 42.8 Å². The van der Waals surface area contributed by atoms with Gasteiger partial charge >= 0.3 is 6.09 Å². The van der Waals surface area contributed by atoms with Gasteiger partial charge in [-0.15, -0.1) is 6.42 Å². The molecule has 11 heteroatoms. The van der Waals surface area contributed by atoms with Crippen LogP contribution in [-0.2, 0) is 22.0 Å². The zero-order valence-corrected chi connectivity index (χ0v) is 19.4. The molecule has 0 aromatic carbocycles. The van der Waals surface area contributed by atoms with E-state index in [0.717, 1.165) is 37.0 Å². The Morgan fingerprint density at radius 3 is 2.71 bits per heavy atom. The second kappa shape index (κ2) is 9.02. The Balaban J connectivity index is 1.39. The fourth-order valence-corrected chi connectivity index (χ4v) is 5.71. The van der Waals surface area contributed by atoms with Gasteiger partial charge in [-0.1, -0.05) is 12.0 Å². The van der Waals surface area contributed by atoms with Crippen molar-refractivity contribution in [3.63, 3.8) is 0 Å². The maximum Gasteiger partial charge on any atom is 0.404 e. The summed E-state index contributed by atoms with van der Waals surface area (Å²) >= 11 is 0.